The third-order valence-electron chi connectivity index (χ3n) is 3.84. The first kappa shape index (κ1) is 14.9. The third-order valence-corrected chi connectivity index (χ3v) is 4.72. The summed E-state index contributed by atoms with van der Waals surface area (Å²) < 4.78 is 1.83. The molecule has 0 saturated carbocycles. The Balaban J connectivity index is 1.64. The highest BCUT2D eigenvalue weighted by Crippen LogP contribution is 2.28. The predicted molar refractivity (Wildman–Crippen MR) is 96.0 cm³/mol. The predicted octanol–water partition coefficient (Wildman–Crippen LogP) is 3.56. The van der Waals surface area contributed by atoms with Gasteiger partial charge in [0.1, 0.15) is 0 Å². The van der Waals surface area contributed by atoms with Crippen LogP contribution in [0, 0.1) is 0 Å². The Morgan fingerprint density at radius 2 is 1.83 bits per heavy atom. The van der Waals surface area contributed by atoms with E-state index in [4.69, 9.17) is 0 Å². The quantitative estimate of drug-likeness (QED) is 0.585. The van der Waals surface area contributed by atoms with Gasteiger partial charge in [-0.05, 0) is 11.1 Å². The van der Waals surface area contributed by atoms with Crippen molar-refractivity contribution >= 4 is 21.4 Å². The van der Waals surface area contributed by atoms with Crippen LogP contribution in [0.25, 0.3) is 16.2 Å². The smallest absolute Gasteiger partial charge is 0.214 e. The van der Waals surface area contributed by atoms with Crippen LogP contribution in [0.5, 0.6) is 0 Å². The Morgan fingerprint density at radius 1 is 1.04 bits per heavy atom. The van der Waals surface area contributed by atoms with Crippen LogP contribution in [0.1, 0.15) is 11.1 Å². The molecule has 0 aliphatic heterocycles. The maximum atomic E-state index is 9.55. The zero-order valence-corrected chi connectivity index (χ0v) is 13.7. The molecule has 0 saturated heterocycles. The van der Waals surface area contributed by atoms with E-state index in [0.29, 0.717) is 0 Å². The molecule has 24 heavy (non-hydrogen) atoms. The molecular weight excluding hydrogens is 320 g/mol. The number of aromatic nitrogens is 3. The highest BCUT2D eigenvalue weighted by Gasteiger charge is 2.13. The molecule has 0 spiro atoms. The van der Waals surface area contributed by atoms with E-state index in [-0.39, 0.29) is 6.61 Å². The lowest BCUT2D eigenvalue weighted by molar-refractivity contribution is 0.282. The second kappa shape index (κ2) is 6.43. The van der Waals surface area contributed by atoms with Crippen molar-refractivity contribution in [2.45, 2.75) is 13.2 Å². The zero-order valence-electron chi connectivity index (χ0n) is 12.9. The van der Waals surface area contributed by atoms with Crippen molar-refractivity contribution in [1.29, 1.82) is 0 Å². The molecule has 6 heteroatoms. The number of rotatable bonds is 5. The zero-order chi connectivity index (χ0) is 16.4. The van der Waals surface area contributed by atoms with Crippen molar-refractivity contribution in [3.05, 3.63) is 71.9 Å². The Morgan fingerprint density at radius 3 is 2.67 bits per heavy atom. The van der Waals surface area contributed by atoms with Crippen LogP contribution in [-0.4, -0.2) is 19.7 Å². The number of benzene rings is 2. The molecule has 0 unspecified atom stereocenters. The minimum Gasteiger partial charge on any atom is -0.392 e. The molecule has 4 rings (SSSR count). The molecule has 2 heterocycles. The minimum atomic E-state index is -0.00728. The molecule has 2 aromatic carbocycles. The van der Waals surface area contributed by atoms with E-state index in [9.17, 15) is 5.11 Å². The van der Waals surface area contributed by atoms with E-state index < -0.39 is 0 Å². The van der Waals surface area contributed by atoms with Crippen molar-refractivity contribution in [1.82, 2.24) is 14.6 Å². The molecule has 0 fully saturated rings. The van der Waals surface area contributed by atoms with Gasteiger partial charge in [-0.3, -0.25) is 0 Å². The second-order valence-corrected chi connectivity index (χ2v) is 6.36. The molecule has 0 aliphatic carbocycles. The van der Waals surface area contributed by atoms with Crippen LogP contribution < -0.4 is 5.32 Å². The number of anilines is 1. The Labute approximate surface area is 143 Å². The summed E-state index contributed by atoms with van der Waals surface area (Å²) in [5.41, 5.74) is 3.91. The monoisotopic (exact) mass is 336 g/mol. The molecule has 0 amide bonds. The van der Waals surface area contributed by atoms with E-state index in [1.54, 1.807) is 6.20 Å². The summed E-state index contributed by atoms with van der Waals surface area (Å²) in [6.07, 6.45) is 1.80. The number of hydrogen-bond acceptors (Lipinski definition) is 5. The summed E-state index contributed by atoms with van der Waals surface area (Å²) in [4.78, 5) is 5.27. The summed E-state index contributed by atoms with van der Waals surface area (Å²) in [5, 5.41) is 18.3. The molecule has 2 aromatic heterocycles. The molecular formula is C18H16N4OS. The van der Waals surface area contributed by atoms with Crippen LogP contribution in [0.15, 0.2) is 60.8 Å². The van der Waals surface area contributed by atoms with E-state index in [0.717, 1.165) is 33.5 Å². The summed E-state index contributed by atoms with van der Waals surface area (Å²) >= 11 is 1.51. The number of nitrogens with zero attached hydrogens (tertiary/aromatic N) is 3. The van der Waals surface area contributed by atoms with Crippen LogP contribution in [0.3, 0.4) is 0 Å². The molecule has 5 nitrogen and oxygen atoms in total. The summed E-state index contributed by atoms with van der Waals surface area (Å²) in [7, 11) is 0. The van der Waals surface area contributed by atoms with Gasteiger partial charge >= 0.3 is 0 Å². The van der Waals surface area contributed by atoms with Crippen molar-refractivity contribution in [3.63, 3.8) is 0 Å². The highest BCUT2D eigenvalue weighted by atomic mass is 32.1. The maximum Gasteiger partial charge on any atom is 0.214 e. The van der Waals surface area contributed by atoms with Gasteiger partial charge < -0.3 is 10.4 Å². The molecule has 0 radical (unpaired) electrons. The fourth-order valence-corrected chi connectivity index (χ4v) is 3.40. The summed E-state index contributed by atoms with van der Waals surface area (Å²) in [6, 6.07) is 18.0. The molecule has 2 N–H and O–H groups in total. The average Bonchev–Trinajstić information content (AvgIpc) is 3.21. The van der Waals surface area contributed by atoms with Crippen molar-refractivity contribution in [2.24, 2.45) is 0 Å². The van der Waals surface area contributed by atoms with Gasteiger partial charge in [0.25, 0.3) is 0 Å². The SMILES string of the molecule is OCc1ccccc1-c1cnc2sc(NCc3ccccc3)nn12. The van der Waals surface area contributed by atoms with Gasteiger partial charge in [0.15, 0.2) is 0 Å². The summed E-state index contributed by atoms with van der Waals surface area (Å²) in [6.45, 7) is 0.715. The van der Waals surface area contributed by atoms with Crippen LogP contribution in [0.4, 0.5) is 5.13 Å². The van der Waals surface area contributed by atoms with E-state index in [1.807, 2.05) is 47.0 Å². The number of aliphatic hydroxyl groups is 1. The molecule has 0 atom stereocenters. The Kier molecular flexibility index (Phi) is 3.98. The minimum absolute atomic E-state index is 0.00728. The first-order valence-corrected chi connectivity index (χ1v) is 8.48. The lowest BCUT2D eigenvalue weighted by atomic mass is 10.1. The largest absolute Gasteiger partial charge is 0.392 e. The van der Waals surface area contributed by atoms with Gasteiger partial charge in [-0.25, -0.2) is 9.50 Å². The Hall–Kier alpha value is -2.70. The maximum absolute atomic E-state index is 9.55. The van der Waals surface area contributed by atoms with Gasteiger partial charge in [-0.2, -0.15) is 0 Å². The first-order valence-electron chi connectivity index (χ1n) is 7.66. The number of imidazole rings is 1. The van der Waals surface area contributed by atoms with Crippen LogP contribution in [0.2, 0.25) is 0 Å². The topological polar surface area (TPSA) is 62.5 Å². The average molecular weight is 336 g/mol. The lowest BCUT2D eigenvalue weighted by Gasteiger charge is -2.05. The number of aliphatic hydroxyl groups excluding tert-OH is 1. The summed E-state index contributed by atoms with van der Waals surface area (Å²) in [5.74, 6) is 0. The third kappa shape index (κ3) is 2.77. The molecule has 0 aliphatic rings. The van der Waals surface area contributed by atoms with Gasteiger partial charge in [0.05, 0.1) is 18.5 Å². The van der Waals surface area contributed by atoms with Gasteiger partial charge in [-0.15, -0.1) is 5.10 Å². The van der Waals surface area contributed by atoms with Gasteiger partial charge in [-0.1, -0.05) is 65.9 Å². The van der Waals surface area contributed by atoms with Crippen molar-refractivity contribution in [2.75, 3.05) is 5.32 Å². The number of hydrogen-bond donors (Lipinski definition) is 2. The fourth-order valence-electron chi connectivity index (χ4n) is 2.63. The normalized spacial score (nSPS) is 11.0. The van der Waals surface area contributed by atoms with Crippen LogP contribution in [-0.2, 0) is 13.2 Å². The van der Waals surface area contributed by atoms with E-state index in [2.05, 4.69) is 27.5 Å². The van der Waals surface area contributed by atoms with Crippen LogP contribution >= 0.6 is 11.3 Å². The molecule has 0 bridgehead atoms. The fraction of sp³-hybridized carbons (Fsp3) is 0.111. The van der Waals surface area contributed by atoms with Crippen molar-refractivity contribution < 1.29 is 5.11 Å². The van der Waals surface area contributed by atoms with Gasteiger partial charge in [0, 0.05) is 12.1 Å². The molecule has 4 aromatic rings. The Bertz CT molecular complexity index is 961. The van der Waals surface area contributed by atoms with E-state index in [1.165, 1.54) is 16.9 Å². The first-order chi connectivity index (χ1) is 11.8. The standard InChI is InChI=1S/C18H16N4OS/c23-12-14-8-4-5-9-15(14)16-11-20-18-22(16)21-17(24-18)19-10-13-6-2-1-3-7-13/h1-9,11,23H,10,12H2,(H,19,21). The molecule has 120 valence electrons. The van der Waals surface area contributed by atoms with Gasteiger partial charge in [0.2, 0.25) is 10.1 Å². The second-order valence-electron chi connectivity index (χ2n) is 5.40. The highest BCUT2D eigenvalue weighted by molar-refractivity contribution is 7.20. The number of nitrogens with one attached hydrogen (secondary N) is 1. The van der Waals surface area contributed by atoms with E-state index >= 15 is 0 Å². The van der Waals surface area contributed by atoms with Crippen molar-refractivity contribution in [3.8, 4) is 11.3 Å². The number of fused-ring (bicyclic) bond motifs is 1. The lowest BCUT2D eigenvalue weighted by Crippen LogP contribution is -2.00.